The molecular formula is C17H20FNO. The molecule has 0 amide bonds. The highest BCUT2D eigenvalue weighted by Crippen LogP contribution is 2.25. The molecule has 1 atom stereocenters. The summed E-state index contributed by atoms with van der Waals surface area (Å²) in [6.07, 6.45) is 1.94. The van der Waals surface area contributed by atoms with Crippen molar-refractivity contribution in [2.75, 3.05) is 7.11 Å². The van der Waals surface area contributed by atoms with E-state index in [1.54, 1.807) is 6.07 Å². The number of aryl methyl sites for hydroxylation is 1. The Balaban J connectivity index is 2.15. The van der Waals surface area contributed by atoms with Crippen LogP contribution in [0.3, 0.4) is 0 Å². The van der Waals surface area contributed by atoms with Gasteiger partial charge < -0.3 is 10.5 Å². The quantitative estimate of drug-likeness (QED) is 0.899. The zero-order valence-electron chi connectivity index (χ0n) is 11.9. The molecule has 1 unspecified atom stereocenters. The van der Waals surface area contributed by atoms with Crippen molar-refractivity contribution in [2.45, 2.75) is 25.8 Å². The van der Waals surface area contributed by atoms with Crippen LogP contribution in [0.2, 0.25) is 0 Å². The summed E-state index contributed by atoms with van der Waals surface area (Å²) in [5.41, 5.74) is 8.85. The van der Waals surface area contributed by atoms with Crippen LogP contribution < -0.4 is 10.5 Å². The SMILES string of the molecule is COc1ccc(-c2ccc(CCC(C)N)cc2)cc1F. The topological polar surface area (TPSA) is 35.2 Å². The Bertz CT molecular complexity index is 564. The molecule has 2 nitrogen and oxygen atoms in total. The molecule has 0 aliphatic rings. The minimum atomic E-state index is -0.342. The van der Waals surface area contributed by atoms with Crippen molar-refractivity contribution in [2.24, 2.45) is 5.73 Å². The Morgan fingerprint density at radius 2 is 1.75 bits per heavy atom. The summed E-state index contributed by atoms with van der Waals surface area (Å²) in [6, 6.07) is 13.4. The van der Waals surface area contributed by atoms with Crippen LogP contribution >= 0.6 is 0 Å². The van der Waals surface area contributed by atoms with Crippen LogP contribution in [0.15, 0.2) is 42.5 Å². The van der Waals surface area contributed by atoms with Gasteiger partial charge in [0.1, 0.15) is 0 Å². The first kappa shape index (κ1) is 14.5. The van der Waals surface area contributed by atoms with E-state index in [1.807, 2.05) is 25.1 Å². The van der Waals surface area contributed by atoms with Gasteiger partial charge in [0.05, 0.1) is 7.11 Å². The molecule has 106 valence electrons. The lowest BCUT2D eigenvalue weighted by Gasteiger charge is -2.08. The molecule has 0 bridgehead atoms. The summed E-state index contributed by atoms with van der Waals surface area (Å²) in [5.74, 6) is -0.0756. The zero-order chi connectivity index (χ0) is 14.5. The number of nitrogens with two attached hydrogens (primary N) is 1. The Morgan fingerprint density at radius 3 is 2.30 bits per heavy atom. The van der Waals surface area contributed by atoms with E-state index in [0.29, 0.717) is 0 Å². The number of hydrogen-bond donors (Lipinski definition) is 1. The van der Waals surface area contributed by atoms with Gasteiger partial charge >= 0.3 is 0 Å². The molecule has 0 heterocycles. The summed E-state index contributed by atoms with van der Waals surface area (Å²) < 4.78 is 18.6. The van der Waals surface area contributed by atoms with Crippen molar-refractivity contribution in [3.8, 4) is 16.9 Å². The van der Waals surface area contributed by atoms with Gasteiger partial charge in [-0.1, -0.05) is 30.3 Å². The van der Waals surface area contributed by atoms with Gasteiger partial charge in [-0.3, -0.25) is 0 Å². The van der Waals surface area contributed by atoms with Crippen molar-refractivity contribution in [3.05, 3.63) is 53.8 Å². The standard InChI is InChI=1S/C17H20FNO/c1-12(19)3-4-13-5-7-14(8-6-13)15-9-10-17(20-2)16(18)11-15/h5-12H,3-4,19H2,1-2H3. The van der Waals surface area contributed by atoms with Gasteiger partial charge in [0.2, 0.25) is 0 Å². The van der Waals surface area contributed by atoms with E-state index in [2.05, 4.69) is 12.1 Å². The van der Waals surface area contributed by atoms with Crippen LogP contribution in [0.5, 0.6) is 5.75 Å². The average molecular weight is 273 g/mol. The molecule has 2 aromatic rings. The Morgan fingerprint density at radius 1 is 1.10 bits per heavy atom. The number of rotatable bonds is 5. The fourth-order valence-corrected chi connectivity index (χ4v) is 2.10. The van der Waals surface area contributed by atoms with Crippen LogP contribution in [-0.2, 0) is 6.42 Å². The minimum absolute atomic E-state index is 0.213. The predicted octanol–water partition coefficient (Wildman–Crippen LogP) is 3.78. The molecule has 3 heteroatoms. The molecule has 0 aromatic heterocycles. The molecule has 0 radical (unpaired) electrons. The smallest absolute Gasteiger partial charge is 0.165 e. The first-order valence-corrected chi connectivity index (χ1v) is 6.78. The number of halogens is 1. The summed E-state index contributed by atoms with van der Waals surface area (Å²) in [4.78, 5) is 0. The second-order valence-corrected chi connectivity index (χ2v) is 5.06. The number of hydrogen-bond acceptors (Lipinski definition) is 2. The number of benzene rings is 2. The van der Waals surface area contributed by atoms with Crippen LogP contribution in [0.1, 0.15) is 18.9 Å². The van der Waals surface area contributed by atoms with E-state index in [0.717, 1.165) is 24.0 Å². The first-order valence-electron chi connectivity index (χ1n) is 6.78. The van der Waals surface area contributed by atoms with Gasteiger partial charge in [-0.15, -0.1) is 0 Å². The third-order valence-corrected chi connectivity index (χ3v) is 3.33. The monoisotopic (exact) mass is 273 g/mol. The van der Waals surface area contributed by atoms with E-state index >= 15 is 0 Å². The van der Waals surface area contributed by atoms with Crippen molar-refractivity contribution >= 4 is 0 Å². The van der Waals surface area contributed by atoms with Gasteiger partial charge in [0.25, 0.3) is 0 Å². The maximum absolute atomic E-state index is 13.7. The van der Waals surface area contributed by atoms with Crippen LogP contribution in [0, 0.1) is 5.82 Å². The molecular weight excluding hydrogens is 253 g/mol. The van der Waals surface area contributed by atoms with Gasteiger partial charge in [-0.25, -0.2) is 4.39 Å². The third-order valence-electron chi connectivity index (χ3n) is 3.33. The van der Waals surface area contributed by atoms with Crippen molar-refractivity contribution < 1.29 is 9.13 Å². The molecule has 2 aromatic carbocycles. The lowest BCUT2D eigenvalue weighted by molar-refractivity contribution is 0.386. The Labute approximate surface area is 119 Å². The predicted molar refractivity (Wildman–Crippen MR) is 80.4 cm³/mol. The number of ether oxygens (including phenoxy) is 1. The maximum Gasteiger partial charge on any atom is 0.165 e. The average Bonchev–Trinajstić information content (AvgIpc) is 2.45. The van der Waals surface area contributed by atoms with Crippen LogP contribution in [0.25, 0.3) is 11.1 Å². The van der Waals surface area contributed by atoms with Gasteiger partial charge in [0, 0.05) is 6.04 Å². The molecule has 2 rings (SSSR count). The lowest BCUT2D eigenvalue weighted by atomic mass is 10.0. The Hall–Kier alpha value is -1.87. The molecule has 0 spiro atoms. The van der Waals surface area contributed by atoms with E-state index in [4.69, 9.17) is 10.5 Å². The molecule has 0 aliphatic heterocycles. The molecule has 0 saturated carbocycles. The first-order chi connectivity index (χ1) is 9.60. The molecule has 0 saturated heterocycles. The normalized spacial score (nSPS) is 12.2. The highest BCUT2D eigenvalue weighted by molar-refractivity contribution is 5.64. The van der Waals surface area contributed by atoms with Gasteiger partial charge in [-0.2, -0.15) is 0 Å². The molecule has 0 aliphatic carbocycles. The van der Waals surface area contributed by atoms with Crippen molar-refractivity contribution in [3.63, 3.8) is 0 Å². The summed E-state index contributed by atoms with van der Waals surface area (Å²) in [5, 5.41) is 0. The van der Waals surface area contributed by atoms with Gasteiger partial charge in [-0.05, 0) is 48.6 Å². The highest BCUT2D eigenvalue weighted by atomic mass is 19.1. The van der Waals surface area contributed by atoms with E-state index < -0.39 is 0 Å². The van der Waals surface area contributed by atoms with Crippen LogP contribution in [0.4, 0.5) is 4.39 Å². The molecule has 0 fully saturated rings. The van der Waals surface area contributed by atoms with Crippen molar-refractivity contribution in [1.29, 1.82) is 0 Å². The zero-order valence-corrected chi connectivity index (χ0v) is 11.9. The second kappa shape index (κ2) is 6.53. The van der Waals surface area contributed by atoms with Crippen molar-refractivity contribution in [1.82, 2.24) is 0 Å². The third kappa shape index (κ3) is 3.58. The molecule has 20 heavy (non-hydrogen) atoms. The number of methoxy groups -OCH3 is 1. The summed E-state index contributed by atoms with van der Waals surface area (Å²) in [6.45, 7) is 2.01. The fraction of sp³-hybridized carbons (Fsp3) is 0.294. The molecule has 2 N–H and O–H groups in total. The second-order valence-electron chi connectivity index (χ2n) is 5.06. The lowest BCUT2D eigenvalue weighted by Crippen LogP contribution is -2.15. The Kier molecular flexibility index (Phi) is 4.74. The van der Waals surface area contributed by atoms with Crippen LogP contribution in [-0.4, -0.2) is 13.2 Å². The fourth-order valence-electron chi connectivity index (χ4n) is 2.10. The maximum atomic E-state index is 13.7. The van der Waals surface area contributed by atoms with E-state index in [-0.39, 0.29) is 17.6 Å². The summed E-state index contributed by atoms with van der Waals surface area (Å²) in [7, 11) is 1.46. The van der Waals surface area contributed by atoms with E-state index in [9.17, 15) is 4.39 Å². The summed E-state index contributed by atoms with van der Waals surface area (Å²) >= 11 is 0. The van der Waals surface area contributed by atoms with E-state index in [1.165, 1.54) is 18.7 Å². The van der Waals surface area contributed by atoms with Gasteiger partial charge in [0.15, 0.2) is 11.6 Å². The minimum Gasteiger partial charge on any atom is -0.494 e. The highest BCUT2D eigenvalue weighted by Gasteiger charge is 2.05. The largest absolute Gasteiger partial charge is 0.494 e.